The number of ether oxygens (including phenoxy) is 3. The molecule has 1 heterocycles. The SMILES string of the molecule is CC1OCC(Cc2ccc(OCCc3ccc(OS(C)(=O)=O)cc3)cc2)CO1. The van der Waals surface area contributed by atoms with Crippen LogP contribution in [0.15, 0.2) is 48.5 Å². The summed E-state index contributed by atoms with van der Waals surface area (Å²) >= 11 is 0. The fourth-order valence-electron chi connectivity index (χ4n) is 2.99. The number of hydrogen-bond acceptors (Lipinski definition) is 6. The molecule has 2 aromatic carbocycles. The van der Waals surface area contributed by atoms with E-state index in [-0.39, 0.29) is 6.29 Å². The summed E-state index contributed by atoms with van der Waals surface area (Å²) in [5.41, 5.74) is 2.28. The summed E-state index contributed by atoms with van der Waals surface area (Å²) in [6.45, 7) is 3.91. The highest BCUT2D eigenvalue weighted by Crippen LogP contribution is 2.19. The molecule has 0 unspecified atom stereocenters. The Morgan fingerprint density at radius 1 is 0.929 bits per heavy atom. The fourth-order valence-corrected chi connectivity index (χ4v) is 3.45. The Kier molecular flexibility index (Phi) is 6.93. The maximum Gasteiger partial charge on any atom is 0.306 e. The summed E-state index contributed by atoms with van der Waals surface area (Å²) < 4.78 is 43.9. The minimum absolute atomic E-state index is 0.101. The van der Waals surface area contributed by atoms with Gasteiger partial charge in [0.15, 0.2) is 6.29 Å². The predicted octanol–water partition coefficient (Wildman–Crippen LogP) is 3.20. The Bertz CT molecular complexity index is 837. The summed E-state index contributed by atoms with van der Waals surface area (Å²) in [4.78, 5) is 0. The van der Waals surface area contributed by atoms with Gasteiger partial charge in [-0.2, -0.15) is 8.42 Å². The molecule has 7 heteroatoms. The molecule has 0 amide bonds. The highest BCUT2D eigenvalue weighted by molar-refractivity contribution is 7.86. The molecule has 2 aromatic rings. The lowest BCUT2D eigenvalue weighted by Crippen LogP contribution is -2.31. The fraction of sp³-hybridized carbons (Fsp3) is 0.429. The van der Waals surface area contributed by atoms with E-state index in [9.17, 15) is 8.42 Å². The second kappa shape index (κ2) is 9.41. The van der Waals surface area contributed by atoms with E-state index in [2.05, 4.69) is 12.1 Å². The third-order valence-electron chi connectivity index (χ3n) is 4.41. The quantitative estimate of drug-likeness (QED) is 0.627. The van der Waals surface area contributed by atoms with Crippen molar-refractivity contribution in [3.05, 3.63) is 59.7 Å². The summed E-state index contributed by atoms with van der Waals surface area (Å²) in [5.74, 6) is 1.52. The van der Waals surface area contributed by atoms with Crippen molar-refractivity contribution in [2.75, 3.05) is 26.1 Å². The van der Waals surface area contributed by atoms with Crippen LogP contribution in [0.1, 0.15) is 18.1 Å². The maximum absolute atomic E-state index is 11.1. The molecule has 0 N–H and O–H groups in total. The van der Waals surface area contributed by atoms with Gasteiger partial charge in [0.1, 0.15) is 11.5 Å². The Hall–Kier alpha value is -2.09. The van der Waals surface area contributed by atoms with Gasteiger partial charge in [-0.1, -0.05) is 24.3 Å². The summed E-state index contributed by atoms with van der Waals surface area (Å²) in [6, 6.07) is 15.1. The van der Waals surface area contributed by atoms with Gasteiger partial charge in [-0.3, -0.25) is 0 Å². The summed E-state index contributed by atoms with van der Waals surface area (Å²) in [5, 5.41) is 0. The van der Waals surface area contributed by atoms with Crippen LogP contribution in [0.4, 0.5) is 0 Å². The molecule has 0 radical (unpaired) electrons. The van der Waals surface area contributed by atoms with E-state index in [0.29, 0.717) is 18.3 Å². The molecule has 0 atom stereocenters. The zero-order chi connectivity index (χ0) is 20.0. The lowest BCUT2D eigenvalue weighted by Gasteiger charge is -2.27. The van der Waals surface area contributed by atoms with E-state index in [4.69, 9.17) is 18.4 Å². The molecule has 0 spiro atoms. The molecular formula is C21H26O6S. The zero-order valence-electron chi connectivity index (χ0n) is 16.2. The highest BCUT2D eigenvalue weighted by Gasteiger charge is 2.19. The minimum atomic E-state index is -3.50. The van der Waals surface area contributed by atoms with Gasteiger partial charge in [0.25, 0.3) is 0 Å². The van der Waals surface area contributed by atoms with Gasteiger partial charge in [0.2, 0.25) is 0 Å². The molecule has 1 aliphatic rings. The van der Waals surface area contributed by atoms with Crippen molar-refractivity contribution in [3.8, 4) is 11.5 Å². The van der Waals surface area contributed by atoms with Crippen LogP contribution < -0.4 is 8.92 Å². The molecule has 0 bridgehead atoms. The van der Waals surface area contributed by atoms with Crippen LogP contribution >= 0.6 is 0 Å². The second-order valence-corrected chi connectivity index (χ2v) is 8.55. The molecule has 0 aliphatic carbocycles. The number of benzene rings is 2. The number of rotatable bonds is 8. The van der Waals surface area contributed by atoms with Crippen LogP contribution in [0.2, 0.25) is 0 Å². The lowest BCUT2D eigenvalue weighted by molar-refractivity contribution is -0.189. The van der Waals surface area contributed by atoms with E-state index in [1.54, 1.807) is 12.1 Å². The minimum Gasteiger partial charge on any atom is -0.493 e. The van der Waals surface area contributed by atoms with Crippen molar-refractivity contribution < 1.29 is 26.8 Å². The predicted molar refractivity (Wildman–Crippen MR) is 106 cm³/mol. The molecule has 6 nitrogen and oxygen atoms in total. The first kappa shape index (κ1) is 20.6. The van der Waals surface area contributed by atoms with E-state index in [0.717, 1.165) is 43.6 Å². The molecule has 0 aromatic heterocycles. The van der Waals surface area contributed by atoms with Gasteiger partial charge >= 0.3 is 10.1 Å². The molecular weight excluding hydrogens is 380 g/mol. The van der Waals surface area contributed by atoms with Crippen molar-refractivity contribution in [3.63, 3.8) is 0 Å². The van der Waals surface area contributed by atoms with Crippen LogP contribution in [-0.2, 0) is 32.4 Å². The molecule has 28 heavy (non-hydrogen) atoms. The molecule has 1 aliphatic heterocycles. The largest absolute Gasteiger partial charge is 0.493 e. The molecule has 3 rings (SSSR count). The van der Waals surface area contributed by atoms with Crippen LogP contribution in [0.25, 0.3) is 0 Å². The Balaban J connectivity index is 1.42. The van der Waals surface area contributed by atoms with E-state index in [1.807, 2.05) is 31.2 Å². The highest BCUT2D eigenvalue weighted by atomic mass is 32.2. The molecule has 152 valence electrons. The van der Waals surface area contributed by atoms with E-state index < -0.39 is 10.1 Å². The Morgan fingerprint density at radius 2 is 1.50 bits per heavy atom. The first-order chi connectivity index (χ1) is 13.4. The number of hydrogen-bond donors (Lipinski definition) is 0. The van der Waals surface area contributed by atoms with Gasteiger partial charge in [-0.25, -0.2) is 0 Å². The monoisotopic (exact) mass is 406 g/mol. The third kappa shape index (κ3) is 6.82. The first-order valence-corrected chi connectivity index (χ1v) is 11.1. The van der Waals surface area contributed by atoms with Gasteiger partial charge in [-0.05, 0) is 48.7 Å². The standard InChI is InChI=1S/C21H26O6S/c1-16-25-14-19(15-26-16)13-18-5-7-20(8-6-18)24-12-11-17-3-9-21(10-4-17)27-28(2,22)23/h3-10,16,19H,11-15H2,1-2H3. The van der Waals surface area contributed by atoms with Gasteiger partial charge in [0.05, 0.1) is 26.1 Å². The van der Waals surface area contributed by atoms with Gasteiger partial charge in [-0.15, -0.1) is 0 Å². The first-order valence-electron chi connectivity index (χ1n) is 9.31. The molecule has 1 fully saturated rings. The smallest absolute Gasteiger partial charge is 0.306 e. The van der Waals surface area contributed by atoms with Crippen molar-refractivity contribution in [2.24, 2.45) is 5.92 Å². The summed E-state index contributed by atoms with van der Waals surface area (Å²) in [7, 11) is -3.50. The van der Waals surface area contributed by atoms with Crippen molar-refractivity contribution in [2.45, 2.75) is 26.1 Å². The Labute approximate surface area is 166 Å². The van der Waals surface area contributed by atoms with Gasteiger partial charge in [0, 0.05) is 12.3 Å². The van der Waals surface area contributed by atoms with Crippen LogP contribution in [0.5, 0.6) is 11.5 Å². The summed E-state index contributed by atoms with van der Waals surface area (Å²) in [6.07, 6.45) is 2.57. The van der Waals surface area contributed by atoms with Crippen LogP contribution in [-0.4, -0.2) is 40.8 Å². The lowest BCUT2D eigenvalue weighted by atomic mass is 10.0. The second-order valence-electron chi connectivity index (χ2n) is 6.98. The molecule has 0 saturated carbocycles. The third-order valence-corrected chi connectivity index (χ3v) is 4.91. The Morgan fingerprint density at radius 3 is 2.11 bits per heavy atom. The van der Waals surface area contributed by atoms with Crippen molar-refractivity contribution in [1.82, 2.24) is 0 Å². The van der Waals surface area contributed by atoms with Crippen LogP contribution in [0.3, 0.4) is 0 Å². The average molecular weight is 407 g/mol. The average Bonchev–Trinajstić information content (AvgIpc) is 2.65. The topological polar surface area (TPSA) is 71.1 Å². The van der Waals surface area contributed by atoms with E-state index >= 15 is 0 Å². The van der Waals surface area contributed by atoms with Gasteiger partial charge < -0.3 is 18.4 Å². The molecule has 1 saturated heterocycles. The maximum atomic E-state index is 11.1. The van der Waals surface area contributed by atoms with Crippen molar-refractivity contribution >= 4 is 10.1 Å². The normalized spacial score (nSPS) is 19.9. The van der Waals surface area contributed by atoms with Crippen LogP contribution in [0, 0.1) is 5.92 Å². The van der Waals surface area contributed by atoms with Crippen molar-refractivity contribution in [1.29, 1.82) is 0 Å². The van der Waals surface area contributed by atoms with E-state index in [1.165, 1.54) is 5.56 Å². The zero-order valence-corrected chi connectivity index (χ0v) is 17.0.